The van der Waals surface area contributed by atoms with Crippen LogP contribution < -0.4 is 0 Å². The molecule has 0 spiro atoms. The Labute approximate surface area is 83.5 Å². The van der Waals surface area contributed by atoms with Gasteiger partial charge in [-0.3, -0.25) is 0 Å². The number of hydrogen-bond donors (Lipinski definition) is 1. The summed E-state index contributed by atoms with van der Waals surface area (Å²) in [4.78, 5) is 0. The first kappa shape index (κ1) is 10.6. The number of rotatable bonds is 2. The van der Waals surface area contributed by atoms with Gasteiger partial charge >= 0.3 is 0 Å². The van der Waals surface area contributed by atoms with Gasteiger partial charge in [-0.05, 0) is 40.5 Å². The molecule has 0 aliphatic rings. The van der Waals surface area contributed by atoms with E-state index in [1.165, 1.54) is 19.1 Å². The SMILES string of the molecule is CC(F)(CO)c1ccc(F)c(Br)c1. The predicted octanol–water partition coefficient (Wildman–Crippen LogP) is 2.77. The average Bonchev–Trinajstić information content (AvgIpc) is 2.09. The first-order valence-corrected chi connectivity index (χ1v) is 4.52. The van der Waals surface area contributed by atoms with Crippen molar-refractivity contribution >= 4 is 15.9 Å². The number of aliphatic hydroxyl groups excluding tert-OH is 1. The maximum absolute atomic E-state index is 13.5. The lowest BCUT2D eigenvalue weighted by atomic mass is 9.99. The molecule has 0 fully saturated rings. The van der Waals surface area contributed by atoms with Gasteiger partial charge in [0.05, 0.1) is 11.1 Å². The molecule has 1 unspecified atom stereocenters. The van der Waals surface area contributed by atoms with E-state index in [9.17, 15) is 8.78 Å². The van der Waals surface area contributed by atoms with Gasteiger partial charge in [0.25, 0.3) is 0 Å². The Kier molecular flexibility index (Phi) is 3.03. The first-order valence-electron chi connectivity index (χ1n) is 3.72. The number of halogens is 3. The van der Waals surface area contributed by atoms with Gasteiger partial charge in [-0.2, -0.15) is 0 Å². The lowest BCUT2D eigenvalue weighted by molar-refractivity contribution is 0.0866. The molecule has 0 aliphatic carbocycles. The molecule has 0 radical (unpaired) electrons. The Morgan fingerprint density at radius 2 is 2.15 bits per heavy atom. The van der Waals surface area contributed by atoms with Crippen molar-refractivity contribution < 1.29 is 13.9 Å². The predicted molar refractivity (Wildman–Crippen MR) is 49.6 cm³/mol. The molecule has 0 bridgehead atoms. The van der Waals surface area contributed by atoms with Gasteiger partial charge < -0.3 is 5.11 Å². The molecule has 1 aromatic rings. The number of alkyl halides is 1. The van der Waals surface area contributed by atoms with Crippen LogP contribution >= 0.6 is 15.9 Å². The standard InChI is InChI=1S/C9H9BrF2O/c1-9(12,5-13)6-2-3-8(11)7(10)4-6/h2-4,13H,5H2,1H3. The van der Waals surface area contributed by atoms with Crippen molar-refractivity contribution in [2.75, 3.05) is 6.61 Å². The van der Waals surface area contributed by atoms with Gasteiger partial charge in [0.15, 0.2) is 5.67 Å². The maximum Gasteiger partial charge on any atom is 0.156 e. The Morgan fingerprint density at radius 1 is 1.54 bits per heavy atom. The molecule has 13 heavy (non-hydrogen) atoms. The summed E-state index contributed by atoms with van der Waals surface area (Å²) < 4.78 is 26.4. The summed E-state index contributed by atoms with van der Waals surface area (Å²) in [6.45, 7) is 0.623. The lowest BCUT2D eigenvalue weighted by Gasteiger charge is -2.17. The summed E-state index contributed by atoms with van der Waals surface area (Å²) in [6.07, 6.45) is 0. The van der Waals surface area contributed by atoms with E-state index in [0.29, 0.717) is 0 Å². The molecule has 1 nitrogen and oxygen atoms in total. The third kappa shape index (κ3) is 2.25. The molecule has 0 heterocycles. The quantitative estimate of drug-likeness (QED) is 0.856. The van der Waals surface area contributed by atoms with Crippen LogP contribution in [0.25, 0.3) is 0 Å². The molecule has 72 valence electrons. The second-order valence-electron chi connectivity index (χ2n) is 2.98. The Morgan fingerprint density at radius 3 is 2.62 bits per heavy atom. The highest BCUT2D eigenvalue weighted by molar-refractivity contribution is 9.10. The van der Waals surface area contributed by atoms with E-state index in [0.717, 1.165) is 6.07 Å². The van der Waals surface area contributed by atoms with Gasteiger partial charge in [0.2, 0.25) is 0 Å². The van der Waals surface area contributed by atoms with Crippen molar-refractivity contribution in [2.45, 2.75) is 12.6 Å². The molecular weight excluding hydrogens is 242 g/mol. The Bertz CT molecular complexity index is 312. The molecule has 1 N–H and O–H groups in total. The topological polar surface area (TPSA) is 20.2 Å². The van der Waals surface area contributed by atoms with Gasteiger partial charge in [-0.25, -0.2) is 8.78 Å². The van der Waals surface area contributed by atoms with E-state index in [4.69, 9.17) is 5.11 Å². The van der Waals surface area contributed by atoms with E-state index < -0.39 is 18.1 Å². The monoisotopic (exact) mass is 250 g/mol. The number of aliphatic hydroxyl groups is 1. The van der Waals surface area contributed by atoms with Crippen LogP contribution in [0.1, 0.15) is 12.5 Å². The van der Waals surface area contributed by atoms with Crippen molar-refractivity contribution in [3.05, 3.63) is 34.1 Å². The Hall–Kier alpha value is -0.480. The van der Waals surface area contributed by atoms with Crippen LogP contribution in [0.4, 0.5) is 8.78 Å². The highest BCUT2D eigenvalue weighted by Crippen LogP contribution is 2.28. The van der Waals surface area contributed by atoms with Crippen LogP contribution in [0, 0.1) is 5.82 Å². The average molecular weight is 251 g/mol. The normalized spacial score (nSPS) is 15.5. The maximum atomic E-state index is 13.5. The highest BCUT2D eigenvalue weighted by atomic mass is 79.9. The van der Waals surface area contributed by atoms with E-state index in [1.54, 1.807) is 0 Å². The van der Waals surface area contributed by atoms with Crippen molar-refractivity contribution in [1.29, 1.82) is 0 Å². The van der Waals surface area contributed by atoms with Crippen LogP contribution in [-0.2, 0) is 5.67 Å². The molecule has 0 aromatic heterocycles. The van der Waals surface area contributed by atoms with Crippen LogP contribution in [-0.4, -0.2) is 11.7 Å². The largest absolute Gasteiger partial charge is 0.393 e. The fourth-order valence-corrected chi connectivity index (χ4v) is 1.29. The van der Waals surface area contributed by atoms with Gasteiger partial charge in [0, 0.05) is 0 Å². The van der Waals surface area contributed by atoms with Gasteiger partial charge in [-0.15, -0.1) is 0 Å². The fourth-order valence-electron chi connectivity index (χ4n) is 0.912. The molecule has 1 rings (SSSR count). The zero-order chi connectivity index (χ0) is 10.1. The summed E-state index contributed by atoms with van der Waals surface area (Å²) in [5.74, 6) is -0.447. The molecular formula is C9H9BrF2O. The number of benzene rings is 1. The molecule has 0 saturated heterocycles. The van der Waals surface area contributed by atoms with Crippen molar-refractivity contribution in [3.8, 4) is 0 Å². The molecule has 0 aliphatic heterocycles. The van der Waals surface area contributed by atoms with Crippen LogP contribution in [0.2, 0.25) is 0 Å². The lowest BCUT2D eigenvalue weighted by Crippen LogP contribution is -2.20. The van der Waals surface area contributed by atoms with Crippen LogP contribution in [0.5, 0.6) is 0 Å². The Balaban J connectivity index is 3.10. The summed E-state index contributed by atoms with van der Waals surface area (Å²) in [5, 5.41) is 8.72. The zero-order valence-corrected chi connectivity index (χ0v) is 8.61. The fraction of sp³-hybridized carbons (Fsp3) is 0.333. The van der Waals surface area contributed by atoms with Crippen molar-refractivity contribution in [3.63, 3.8) is 0 Å². The smallest absolute Gasteiger partial charge is 0.156 e. The second-order valence-corrected chi connectivity index (χ2v) is 3.84. The summed E-state index contributed by atoms with van der Waals surface area (Å²) in [7, 11) is 0. The zero-order valence-electron chi connectivity index (χ0n) is 7.02. The molecule has 1 atom stereocenters. The van der Waals surface area contributed by atoms with E-state index >= 15 is 0 Å². The van der Waals surface area contributed by atoms with E-state index in [-0.39, 0.29) is 10.0 Å². The van der Waals surface area contributed by atoms with E-state index in [1.807, 2.05) is 0 Å². The summed E-state index contributed by atoms with van der Waals surface area (Å²) in [6, 6.07) is 3.80. The molecule has 4 heteroatoms. The highest BCUT2D eigenvalue weighted by Gasteiger charge is 2.25. The molecule has 0 saturated carbocycles. The number of hydrogen-bond acceptors (Lipinski definition) is 1. The first-order chi connectivity index (χ1) is 5.97. The summed E-state index contributed by atoms with van der Waals surface area (Å²) >= 11 is 2.94. The second kappa shape index (κ2) is 3.72. The third-order valence-electron chi connectivity index (χ3n) is 1.82. The van der Waals surface area contributed by atoms with Crippen molar-refractivity contribution in [2.24, 2.45) is 0 Å². The minimum Gasteiger partial charge on any atom is -0.393 e. The van der Waals surface area contributed by atoms with Gasteiger partial charge in [-0.1, -0.05) is 6.07 Å². The summed E-state index contributed by atoms with van der Waals surface area (Å²) in [5.41, 5.74) is -1.57. The minimum atomic E-state index is -1.82. The minimum absolute atomic E-state index is 0.197. The molecule has 1 aromatic carbocycles. The van der Waals surface area contributed by atoms with E-state index in [2.05, 4.69) is 15.9 Å². The van der Waals surface area contributed by atoms with Crippen molar-refractivity contribution in [1.82, 2.24) is 0 Å². The molecule has 0 amide bonds. The van der Waals surface area contributed by atoms with Gasteiger partial charge in [0.1, 0.15) is 5.82 Å². The van der Waals surface area contributed by atoms with Crippen LogP contribution in [0.15, 0.2) is 22.7 Å². The third-order valence-corrected chi connectivity index (χ3v) is 2.43. The van der Waals surface area contributed by atoms with Crippen LogP contribution in [0.3, 0.4) is 0 Å².